The Hall–Kier alpha value is -3.46. The second kappa shape index (κ2) is 5.89. The van der Waals surface area contributed by atoms with Crippen LogP contribution in [-0.4, -0.2) is 16.2 Å². The van der Waals surface area contributed by atoms with E-state index in [-0.39, 0.29) is 11.3 Å². The second-order valence-electron chi connectivity index (χ2n) is 4.53. The van der Waals surface area contributed by atoms with Gasteiger partial charge in [-0.05, 0) is 42.1 Å². The molecule has 6 heteroatoms. The first kappa shape index (κ1) is 14.9. The maximum absolute atomic E-state index is 10.9. The molecule has 0 aromatic heterocycles. The number of nitriles is 1. The molecule has 0 spiro atoms. The van der Waals surface area contributed by atoms with Crippen molar-refractivity contribution in [1.29, 1.82) is 5.26 Å². The van der Waals surface area contributed by atoms with Crippen molar-refractivity contribution in [2.75, 3.05) is 5.73 Å². The molecule has 0 radical (unpaired) electrons. The molecule has 0 saturated carbocycles. The zero-order valence-electron chi connectivity index (χ0n) is 11.4. The summed E-state index contributed by atoms with van der Waals surface area (Å²) in [7, 11) is 0. The van der Waals surface area contributed by atoms with E-state index < -0.39 is 5.97 Å². The lowest BCUT2D eigenvalue weighted by Crippen LogP contribution is -1.99. The summed E-state index contributed by atoms with van der Waals surface area (Å²) in [6, 6.07) is 9.28. The van der Waals surface area contributed by atoms with Gasteiger partial charge in [0.05, 0.1) is 11.6 Å². The van der Waals surface area contributed by atoms with Crippen molar-refractivity contribution in [3.63, 3.8) is 0 Å². The van der Waals surface area contributed by atoms with Gasteiger partial charge in [-0.1, -0.05) is 6.07 Å². The van der Waals surface area contributed by atoms with Crippen molar-refractivity contribution in [3.8, 4) is 22.9 Å². The first-order chi connectivity index (χ1) is 10.5. The van der Waals surface area contributed by atoms with Crippen LogP contribution in [0.2, 0.25) is 0 Å². The molecule has 0 aliphatic heterocycles. The summed E-state index contributed by atoms with van der Waals surface area (Å²) >= 11 is 0. The predicted molar refractivity (Wildman–Crippen MR) is 82.9 cm³/mol. The lowest BCUT2D eigenvalue weighted by Gasteiger charge is -2.11. The van der Waals surface area contributed by atoms with Crippen LogP contribution in [0.5, 0.6) is 5.75 Å². The lowest BCUT2D eigenvalue weighted by atomic mass is 9.96. The fraction of sp³-hybridized carbons (Fsp3) is 0. The average molecular weight is 295 g/mol. The van der Waals surface area contributed by atoms with Crippen LogP contribution in [0.4, 0.5) is 5.69 Å². The summed E-state index contributed by atoms with van der Waals surface area (Å²) in [5.41, 5.74) is 13.6. The molecule has 22 heavy (non-hydrogen) atoms. The van der Waals surface area contributed by atoms with E-state index in [2.05, 4.69) is 0 Å². The fourth-order valence-electron chi connectivity index (χ4n) is 2.10. The standard InChI is InChI=1S/C16H13N3O3/c17-4-3-11-5-9(8-18)6-13(15(11)19)10-1-2-12(16(21)22)14(20)7-10/h1-7,20H,17,19H2,(H,21,22)/b4-3-. The Morgan fingerprint density at radius 3 is 2.55 bits per heavy atom. The Kier molecular flexibility index (Phi) is 4.00. The van der Waals surface area contributed by atoms with Crippen molar-refractivity contribution < 1.29 is 15.0 Å². The van der Waals surface area contributed by atoms with Gasteiger partial charge >= 0.3 is 5.97 Å². The number of phenols is 1. The number of hydrogen-bond donors (Lipinski definition) is 4. The van der Waals surface area contributed by atoms with E-state index in [4.69, 9.17) is 21.8 Å². The maximum Gasteiger partial charge on any atom is 0.339 e. The van der Waals surface area contributed by atoms with Crippen molar-refractivity contribution in [1.82, 2.24) is 0 Å². The van der Waals surface area contributed by atoms with E-state index in [0.29, 0.717) is 27.9 Å². The van der Waals surface area contributed by atoms with Crippen molar-refractivity contribution in [2.24, 2.45) is 5.73 Å². The number of hydrogen-bond acceptors (Lipinski definition) is 5. The Bertz CT molecular complexity index is 820. The van der Waals surface area contributed by atoms with Gasteiger partial charge in [0.1, 0.15) is 11.3 Å². The number of carbonyl (C=O) groups is 1. The summed E-state index contributed by atoms with van der Waals surface area (Å²) in [5.74, 6) is -1.60. The van der Waals surface area contributed by atoms with Gasteiger partial charge in [-0.25, -0.2) is 4.79 Å². The third-order valence-corrected chi connectivity index (χ3v) is 3.16. The molecule has 2 aromatic rings. The summed E-state index contributed by atoms with van der Waals surface area (Å²) in [4.78, 5) is 10.9. The lowest BCUT2D eigenvalue weighted by molar-refractivity contribution is 0.0694. The number of aromatic hydroxyl groups is 1. The van der Waals surface area contributed by atoms with E-state index in [9.17, 15) is 9.90 Å². The van der Waals surface area contributed by atoms with Gasteiger partial charge in [-0.15, -0.1) is 0 Å². The number of anilines is 1. The molecule has 0 aliphatic carbocycles. The van der Waals surface area contributed by atoms with Crippen LogP contribution in [-0.2, 0) is 0 Å². The fourth-order valence-corrected chi connectivity index (χ4v) is 2.10. The number of aromatic carboxylic acids is 1. The van der Waals surface area contributed by atoms with E-state index in [1.807, 2.05) is 6.07 Å². The van der Waals surface area contributed by atoms with E-state index in [1.165, 1.54) is 24.4 Å². The molecule has 6 nitrogen and oxygen atoms in total. The maximum atomic E-state index is 10.9. The molecule has 0 atom stereocenters. The topological polar surface area (TPSA) is 133 Å². The molecular weight excluding hydrogens is 282 g/mol. The minimum absolute atomic E-state index is 0.208. The molecule has 2 rings (SSSR count). The second-order valence-corrected chi connectivity index (χ2v) is 4.53. The number of rotatable bonds is 3. The van der Waals surface area contributed by atoms with Crippen LogP contribution in [0.3, 0.4) is 0 Å². The number of nitrogens with two attached hydrogens (primary N) is 2. The zero-order chi connectivity index (χ0) is 16.3. The average Bonchev–Trinajstić information content (AvgIpc) is 2.49. The quantitative estimate of drug-likeness (QED) is 0.641. The molecule has 0 unspecified atom stereocenters. The van der Waals surface area contributed by atoms with Crippen molar-refractivity contribution in [2.45, 2.75) is 0 Å². The van der Waals surface area contributed by atoms with Gasteiger partial charge in [0.25, 0.3) is 0 Å². The highest BCUT2D eigenvalue weighted by molar-refractivity contribution is 5.93. The van der Waals surface area contributed by atoms with E-state index >= 15 is 0 Å². The largest absolute Gasteiger partial charge is 0.507 e. The highest BCUT2D eigenvalue weighted by Gasteiger charge is 2.13. The molecule has 6 N–H and O–H groups in total. The van der Waals surface area contributed by atoms with Crippen LogP contribution < -0.4 is 11.5 Å². The van der Waals surface area contributed by atoms with Gasteiger partial charge in [-0.2, -0.15) is 5.26 Å². The van der Waals surface area contributed by atoms with E-state index in [0.717, 1.165) is 0 Å². The Labute approximate surface area is 126 Å². The molecule has 0 fully saturated rings. The Morgan fingerprint density at radius 2 is 2.00 bits per heavy atom. The van der Waals surface area contributed by atoms with Gasteiger partial charge in [0.15, 0.2) is 0 Å². The molecule has 2 aromatic carbocycles. The first-order valence-electron chi connectivity index (χ1n) is 6.26. The minimum atomic E-state index is -1.23. The zero-order valence-corrected chi connectivity index (χ0v) is 11.4. The number of carboxylic acids is 1. The molecular formula is C16H13N3O3. The van der Waals surface area contributed by atoms with Crippen LogP contribution in [0.1, 0.15) is 21.5 Å². The predicted octanol–water partition coefficient (Wildman–Crippen LogP) is 2.14. The third-order valence-electron chi connectivity index (χ3n) is 3.16. The third kappa shape index (κ3) is 2.69. The Morgan fingerprint density at radius 1 is 1.27 bits per heavy atom. The number of benzene rings is 2. The summed E-state index contributed by atoms with van der Waals surface area (Å²) in [6.45, 7) is 0. The first-order valence-corrected chi connectivity index (χ1v) is 6.26. The van der Waals surface area contributed by atoms with Crippen LogP contribution >= 0.6 is 0 Å². The Balaban J connectivity index is 2.67. The van der Waals surface area contributed by atoms with Gasteiger partial charge in [0.2, 0.25) is 0 Å². The van der Waals surface area contributed by atoms with Crippen LogP contribution in [0.25, 0.3) is 17.2 Å². The van der Waals surface area contributed by atoms with Crippen molar-refractivity contribution in [3.05, 3.63) is 53.2 Å². The normalized spacial score (nSPS) is 10.5. The van der Waals surface area contributed by atoms with Gasteiger partial charge < -0.3 is 21.7 Å². The van der Waals surface area contributed by atoms with Crippen LogP contribution in [0, 0.1) is 11.3 Å². The minimum Gasteiger partial charge on any atom is -0.507 e. The molecule has 110 valence electrons. The SMILES string of the molecule is N#Cc1cc(/C=C\N)c(N)c(-c2ccc(C(=O)O)c(O)c2)c1. The summed E-state index contributed by atoms with van der Waals surface area (Å²) in [5, 5.41) is 27.8. The van der Waals surface area contributed by atoms with Crippen molar-refractivity contribution >= 4 is 17.7 Å². The van der Waals surface area contributed by atoms with Gasteiger partial charge in [0, 0.05) is 16.8 Å². The molecule has 0 heterocycles. The van der Waals surface area contributed by atoms with Gasteiger partial charge in [-0.3, -0.25) is 0 Å². The molecule has 0 saturated heterocycles. The molecule has 0 amide bonds. The highest BCUT2D eigenvalue weighted by atomic mass is 16.4. The highest BCUT2D eigenvalue weighted by Crippen LogP contribution is 2.33. The molecule has 0 aliphatic rings. The summed E-state index contributed by atoms with van der Waals surface area (Å²) in [6.07, 6.45) is 2.87. The van der Waals surface area contributed by atoms with E-state index in [1.54, 1.807) is 18.2 Å². The number of nitrogens with zero attached hydrogens (tertiary/aromatic N) is 1. The number of nitrogen functional groups attached to an aromatic ring is 1. The summed E-state index contributed by atoms with van der Waals surface area (Å²) < 4.78 is 0. The number of carboxylic acid groups (broad SMARTS) is 1. The monoisotopic (exact) mass is 295 g/mol. The smallest absolute Gasteiger partial charge is 0.339 e. The van der Waals surface area contributed by atoms with Crippen LogP contribution in [0.15, 0.2) is 36.5 Å². The molecule has 0 bridgehead atoms.